The maximum absolute atomic E-state index is 13.4. The molecule has 2 fully saturated rings. The summed E-state index contributed by atoms with van der Waals surface area (Å²) in [5.74, 6) is 1.15. The van der Waals surface area contributed by atoms with E-state index in [2.05, 4.69) is 81.6 Å². The Bertz CT molecular complexity index is 794. The summed E-state index contributed by atoms with van der Waals surface area (Å²) in [6, 6.07) is 19.3. The summed E-state index contributed by atoms with van der Waals surface area (Å²) in [7, 11) is 0. The third kappa shape index (κ3) is 3.83. The average molecular weight is 427 g/mol. The van der Waals surface area contributed by atoms with E-state index >= 15 is 0 Å². The molecule has 142 valence electrons. The van der Waals surface area contributed by atoms with Crippen molar-refractivity contribution in [1.29, 1.82) is 0 Å². The minimum absolute atomic E-state index is 0.0272. The molecule has 27 heavy (non-hydrogen) atoms. The molecule has 4 rings (SSSR count). The van der Waals surface area contributed by atoms with Crippen LogP contribution in [0.5, 0.6) is 0 Å². The molecule has 2 aromatic rings. The van der Waals surface area contributed by atoms with Gasteiger partial charge < -0.3 is 10.2 Å². The first-order valence-corrected chi connectivity index (χ1v) is 10.7. The molecule has 1 amide bonds. The highest BCUT2D eigenvalue weighted by Gasteiger charge is 2.40. The Morgan fingerprint density at radius 2 is 1.81 bits per heavy atom. The summed E-state index contributed by atoms with van der Waals surface area (Å²) in [5, 5.41) is 3.45. The number of benzene rings is 2. The predicted octanol–water partition coefficient (Wildman–Crippen LogP) is 4.55. The van der Waals surface area contributed by atoms with Crippen molar-refractivity contribution in [2.75, 3.05) is 19.6 Å². The number of halogens is 1. The number of piperidine rings is 1. The Labute approximate surface area is 170 Å². The van der Waals surface area contributed by atoms with E-state index in [1.54, 1.807) is 0 Å². The normalized spacial score (nSPS) is 28.3. The molecule has 2 heterocycles. The first-order chi connectivity index (χ1) is 13.1. The molecule has 0 spiro atoms. The lowest BCUT2D eigenvalue weighted by Crippen LogP contribution is -2.48. The first kappa shape index (κ1) is 18.7. The van der Waals surface area contributed by atoms with Crippen LogP contribution in [0.3, 0.4) is 0 Å². The van der Waals surface area contributed by atoms with E-state index in [-0.39, 0.29) is 17.9 Å². The van der Waals surface area contributed by atoms with Gasteiger partial charge in [0.2, 0.25) is 5.91 Å². The zero-order valence-electron chi connectivity index (χ0n) is 15.8. The molecule has 2 saturated heterocycles. The zero-order chi connectivity index (χ0) is 18.8. The highest BCUT2D eigenvalue weighted by atomic mass is 79.9. The Morgan fingerprint density at radius 3 is 2.56 bits per heavy atom. The monoisotopic (exact) mass is 426 g/mol. The average Bonchev–Trinajstić information content (AvgIpc) is 3.18. The van der Waals surface area contributed by atoms with Gasteiger partial charge in [-0.1, -0.05) is 64.5 Å². The SMILES string of the molecule is C[C@H]1C[C@@H](c2ccccc2)CCN1C(=O)[C@@H]1CNC[C@H]1c1ccccc1Br. The molecule has 0 aliphatic carbocycles. The van der Waals surface area contributed by atoms with Crippen molar-refractivity contribution < 1.29 is 4.79 Å². The Balaban J connectivity index is 1.47. The fourth-order valence-electron chi connectivity index (χ4n) is 4.78. The Kier molecular flexibility index (Phi) is 5.65. The van der Waals surface area contributed by atoms with Gasteiger partial charge in [-0.3, -0.25) is 4.79 Å². The summed E-state index contributed by atoms with van der Waals surface area (Å²) < 4.78 is 1.10. The number of hydrogen-bond donors (Lipinski definition) is 1. The third-order valence-electron chi connectivity index (χ3n) is 6.27. The highest BCUT2D eigenvalue weighted by molar-refractivity contribution is 9.10. The summed E-state index contributed by atoms with van der Waals surface area (Å²) in [6.07, 6.45) is 2.11. The number of likely N-dealkylation sites (tertiary alicyclic amines) is 1. The minimum Gasteiger partial charge on any atom is -0.340 e. The molecule has 1 N–H and O–H groups in total. The van der Waals surface area contributed by atoms with Crippen molar-refractivity contribution in [2.45, 2.75) is 37.6 Å². The summed E-state index contributed by atoms with van der Waals surface area (Å²) in [6.45, 7) is 4.71. The van der Waals surface area contributed by atoms with E-state index in [0.29, 0.717) is 11.8 Å². The predicted molar refractivity (Wildman–Crippen MR) is 113 cm³/mol. The molecule has 0 saturated carbocycles. The van der Waals surface area contributed by atoms with Crippen LogP contribution in [-0.4, -0.2) is 36.5 Å². The number of carbonyl (C=O) groups is 1. The van der Waals surface area contributed by atoms with Crippen molar-refractivity contribution >= 4 is 21.8 Å². The quantitative estimate of drug-likeness (QED) is 0.780. The lowest BCUT2D eigenvalue weighted by Gasteiger charge is -2.40. The second-order valence-electron chi connectivity index (χ2n) is 7.91. The Hall–Kier alpha value is -1.65. The van der Waals surface area contributed by atoms with E-state index < -0.39 is 0 Å². The van der Waals surface area contributed by atoms with E-state index in [1.807, 2.05) is 6.07 Å². The number of carbonyl (C=O) groups excluding carboxylic acids is 1. The van der Waals surface area contributed by atoms with Gasteiger partial charge in [-0.05, 0) is 42.9 Å². The van der Waals surface area contributed by atoms with Crippen molar-refractivity contribution in [1.82, 2.24) is 10.2 Å². The maximum Gasteiger partial charge on any atom is 0.227 e. The summed E-state index contributed by atoms with van der Waals surface area (Å²) in [4.78, 5) is 15.6. The molecule has 0 aromatic heterocycles. The number of hydrogen-bond acceptors (Lipinski definition) is 2. The van der Waals surface area contributed by atoms with Crippen LogP contribution in [0.25, 0.3) is 0 Å². The molecular formula is C23H27BrN2O. The molecule has 2 aliphatic rings. The van der Waals surface area contributed by atoms with Crippen LogP contribution in [-0.2, 0) is 4.79 Å². The highest BCUT2D eigenvalue weighted by Crippen LogP contribution is 2.37. The van der Waals surface area contributed by atoms with Gasteiger partial charge in [0.05, 0.1) is 5.92 Å². The van der Waals surface area contributed by atoms with Crippen molar-refractivity contribution in [3.8, 4) is 0 Å². The number of nitrogens with zero attached hydrogens (tertiary/aromatic N) is 1. The van der Waals surface area contributed by atoms with Gasteiger partial charge >= 0.3 is 0 Å². The van der Waals surface area contributed by atoms with E-state index in [0.717, 1.165) is 36.9 Å². The van der Waals surface area contributed by atoms with Crippen molar-refractivity contribution in [3.05, 3.63) is 70.2 Å². The van der Waals surface area contributed by atoms with Gasteiger partial charge in [0, 0.05) is 36.1 Å². The fourth-order valence-corrected chi connectivity index (χ4v) is 5.36. The number of nitrogens with one attached hydrogen (secondary N) is 1. The van der Waals surface area contributed by atoms with E-state index in [4.69, 9.17) is 0 Å². The van der Waals surface area contributed by atoms with Gasteiger partial charge in [0.25, 0.3) is 0 Å². The van der Waals surface area contributed by atoms with Crippen LogP contribution in [0.4, 0.5) is 0 Å². The first-order valence-electron chi connectivity index (χ1n) is 9.95. The minimum atomic E-state index is 0.0272. The largest absolute Gasteiger partial charge is 0.340 e. The fraction of sp³-hybridized carbons (Fsp3) is 0.435. The smallest absolute Gasteiger partial charge is 0.227 e. The van der Waals surface area contributed by atoms with Gasteiger partial charge in [-0.2, -0.15) is 0 Å². The van der Waals surface area contributed by atoms with Crippen LogP contribution in [0.2, 0.25) is 0 Å². The van der Waals surface area contributed by atoms with Crippen LogP contribution in [0.15, 0.2) is 59.1 Å². The maximum atomic E-state index is 13.4. The number of rotatable bonds is 3. The second-order valence-corrected chi connectivity index (χ2v) is 8.76. The zero-order valence-corrected chi connectivity index (χ0v) is 17.4. The van der Waals surface area contributed by atoms with E-state index in [1.165, 1.54) is 11.1 Å². The van der Waals surface area contributed by atoms with Gasteiger partial charge in [0.15, 0.2) is 0 Å². The summed E-state index contributed by atoms with van der Waals surface area (Å²) >= 11 is 3.67. The molecule has 4 heteroatoms. The molecule has 0 bridgehead atoms. The lowest BCUT2D eigenvalue weighted by molar-refractivity contribution is -0.138. The molecule has 2 aliphatic heterocycles. The number of amides is 1. The van der Waals surface area contributed by atoms with Crippen LogP contribution in [0.1, 0.15) is 42.7 Å². The van der Waals surface area contributed by atoms with Crippen LogP contribution < -0.4 is 5.32 Å². The lowest BCUT2D eigenvalue weighted by atomic mass is 9.83. The summed E-state index contributed by atoms with van der Waals surface area (Å²) in [5.41, 5.74) is 2.65. The van der Waals surface area contributed by atoms with Gasteiger partial charge in [0.1, 0.15) is 0 Å². The molecule has 0 unspecified atom stereocenters. The molecule has 0 radical (unpaired) electrons. The van der Waals surface area contributed by atoms with Crippen LogP contribution in [0, 0.1) is 5.92 Å². The van der Waals surface area contributed by atoms with Crippen LogP contribution >= 0.6 is 15.9 Å². The van der Waals surface area contributed by atoms with Crippen molar-refractivity contribution in [3.63, 3.8) is 0 Å². The van der Waals surface area contributed by atoms with Crippen molar-refractivity contribution in [2.24, 2.45) is 5.92 Å². The molecular weight excluding hydrogens is 400 g/mol. The molecule has 4 atom stereocenters. The topological polar surface area (TPSA) is 32.3 Å². The Morgan fingerprint density at radius 1 is 1.07 bits per heavy atom. The molecule has 2 aromatic carbocycles. The van der Waals surface area contributed by atoms with E-state index in [9.17, 15) is 4.79 Å². The second kappa shape index (κ2) is 8.15. The third-order valence-corrected chi connectivity index (χ3v) is 6.99. The van der Waals surface area contributed by atoms with Gasteiger partial charge in [-0.25, -0.2) is 0 Å². The van der Waals surface area contributed by atoms with Gasteiger partial charge in [-0.15, -0.1) is 0 Å². The molecule has 3 nitrogen and oxygen atoms in total. The standard InChI is InChI=1S/C23H27BrN2O/c1-16-13-18(17-7-3-2-4-8-17)11-12-26(16)23(27)21-15-25-14-20(21)19-9-5-6-10-22(19)24/h2-10,16,18,20-21,25H,11-15H2,1H3/t16-,18-,20-,21+/m0/s1.